The third kappa shape index (κ3) is 3.58. The first-order valence-corrected chi connectivity index (χ1v) is 7.14. The van der Waals surface area contributed by atoms with Crippen LogP contribution in [0.2, 0.25) is 0 Å². The number of methoxy groups -OCH3 is 1. The van der Waals surface area contributed by atoms with Crippen molar-refractivity contribution in [2.75, 3.05) is 20.7 Å². The average molecular weight is 277 g/mol. The molecule has 4 nitrogen and oxygen atoms in total. The van der Waals surface area contributed by atoms with E-state index in [2.05, 4.69) is 4.90 Å². The molecular formula is C16H23NO3. The average Bonchev–Trinajstić information content (AvgIpc) is 2.84. The number of aliphatic hydroxyl groups is 1. The first-order chi connectivity index (χ1) is 9.61. The van der Waals surface area contributed by atoms with Gasteiger partial charge >= 0.3 is 5.97 Å². The Morgan fingerprint density at radius 3 is 2.80 bits per heavy atom. The van der Waals surface area contributed by atoms with Gasteiger partial charge in [-0.3, -0.25) is 0 Å². The number of hydrogen-bond donors (Lipinski definition) is 1. The van der Waals surface area contributed by atoms with E-state index in [4.69, 9.17) is 4.74 Å². The zero-order chi connectivity index (χ0) is 14.5. The number of aliphatic hydroxyl groups excluding tert-OH is 1. The Hall–Kier alpha value is -1.39. The van der Waals surface area contributed by atoms with Crippen molar-refractivity contribution in [2.45, 2.75) is 31.9 Å². The summed E-state index contributed by atoms with van der Waals surface area (Å²) in [5.41, 5.74) is 1.59. The lowest BCUT2D eigenvalue weighted by Gasteiger charge is -2.23. The van der Waals surface area contributed by atoms with Gasteiger partial charge < -0.3 is 14.7 Å². The van der Waals surface area contributed by atoms with Crippen LogP contribution in [0.25, 0.3) is 0 Å². The SMILES string of the molecule is COC(=O)c1ccccc1CN(C)CC1CCCC1O. The Bertz CT molecular complexity index is 461. The van der Waals surface area contributed by atoms with Gasteiger partial charge in [0.15, 0.2) is 0 Å². The molecule has 110 valence electrons. The van der Waals surface area contributed by atoms with Gasteiger partial charge in [-0.2, -0.15) is 0 Å². The topological polar surface area (TPSA) is 49.8 Å². The molecule has 2 rings (SSSR count). The molecule has 2 unspecified atom stereocenters. The summed E-state index contributed by atoms with van der Waals surface area (Å²) >= 11 is 0. The van der Waals surface area contributed by atoms with Crippen molar-refractivity contribution in [1.82, 2.24) is 4.90 Å². The van der Waals surface area contributed by atoms with Gasteiger partial charge in [0.2, 0.25) is 0 Å². The number of hydrogen-bond acceptors (Lipinski definition) is 4. The van der Waals surface area contributed by atoms with E-state index in [1.165, 1.54) is 7.11 Å². The minimum Gasteiger partial charge on any atom is -0.465 e. The summed E-state index contributed by atoms with van der Waals surface area (Å²) in [6.45, 7) is 1.55. The molecule has 1 aliphatic carbocycles. The first-order valence-electron chi connectivity index (χ1n) is 7.14. The molecule has 0 radical (unpaired) electrons. The van der Waals surface area contributed by atoms with Gasteiger partial charge in [0.05, 0.1) is 18.8 Å². The third-order valence-electron chi connectivity index (χ3n) is 4.03. The zero-order valence-corrected chi connectivity index (χ0v) is 12.2. The van der Waals surface area contributed by atoms with E-state index in [1.54, 1.807) is 6.07 Å². The highest BCUT2D eigenvalue weighted by atomic mass is 16.5. The Kier molecular flexibility index (Phi) is 5.15. The summed E-state index contributed by atoms with van der Waals surface area (Å²) in [4.78, 5) is 13.9. The molecule has 20 heavy (non-hydrogen) atoms. The van der Waals surface area contributed by atoms with E-state index < -0.39 is 0 Å². The largest absolute Gasteiger partial charge is 0.465 e. The maximum absolute atomic E-state index is 11.7. The second-order valence-electron chi connectivity index (χ2n) is 5.60. The zero-order valence-electron chi connectivity index (χ0n) is 12.2. The van der Waals surface area contributed by atoms with Crippen molar-refractivity contribution in [1.29, 1.82) is 0 Å². The minimum atomic E-state index is -0.296. The second-order valence-corrected chi connectivity index (χ2v) is 5.60. The lowest BCUT2D eigenvalue weighted by Crippen LogP contribution is -2.30. The molecule has 2 atom stereocenters. The Morgan fingerprint density at radius 1 is 1.40 bits per heavy atom. The molecular weight excluding hydrogens is 254 g/mol. The fourth-order valence-corrected chi connectivity index (χ4v) is 2.95. The highest BCUT2D eigenvalue weighted by molar-refractivity contribution is 5.90. The van der Waals surface area contributed by atoms with Crippen molar-refractivity contribution in [3.05, 3.63) is 35.4 Å². The van der Waals surface area contributed by atoms with E-state index in [0.717, 1.165) is 31.4 Å². The van der Waals surface area contributed by atoms with E-state index >= 15 is 0 Å². The smallest absolute Gasteiger partial charge is 0.338 e. The molecule has 1 N–H and O–H groups in total. The van der Waals surface area contributed by atoms with Gasteiger partial charge in [0.25, 0.3) is 0 Å². The molecule has 0 aromatic heterocycles. The van der Waals surface area contributed by atoms with Gasteiger partial charge in [-0.05, 0) is 37.4 Å². The number of carbonyl (C=O) groups is 1. The van der Waals surface area contributed by atoms with Crippen molar-refractivity contribution in [3.8, 4) is 0 Å². The van der Waals surface area contributed by atoms with Crippen molar-refractivity contribution in [3.63, 3.8) is 0 Å². The van der Waals surface area contributed by atoms with Crippen LogP contribution in [0.1, 0.15) is 35.2 Å². The van der Waals surface area contributed by atoms with Gasteiger partial charge in [-0.15, -0.1) is 0 Å². The van der Waals surface area contributed by atoms with Crippen LogP contribution in [0.15, 0.2) is 24.3 Å². The lowest BCUT2D eigenvalue weighted by molar-refractivity contribution is 0.0597. The molecule has 0 bridgehead atoms. The summed E-state index contributed by atoms with van der Waals surface area (Å²) in [6, 6.07) is 7.52. The molecule has 1 aromatic rings. The fraction of sp³-hybridized carbons (Fsp3) is 0.562. The van der Waals surface area contributed by atoms with Crippen LogP contribution in [-0.4, -0.2) is 42.8 Å². The molecule has 1 aromatic carbocycles. The molecule has 1 aliphatic rings. The van der Waals surface area contributed by atoms with E-state index in [-0.39, 0.29) is 12.1 Å². The summed E-state index contributed by atoms with van der Waals surface area (Å²) in [5.74, 6) is 0.0557. The molecule has 1 saturated carbocycles. The third-order valence-corrected chi connectivity index (χ3v) is 4.03. The standard InChI is InChI=1S/C16H23NO3/c1-17(11-13-7-5-9-15(13)18)10-12-6-3-4-8-14(12)16(19)20-2/h3-4,6,8,13,15,18H,5,7,9-11H2,1-2H3. The van der Waals surface area contributed by atoms with Crippen molar-refractivity contribution < 1.29 is 14.6 Å². The highest BCUT2D eigenvalue weighted by Crippen LogP contribution is 2.26. The summed E-state index contributed by atoms with van der Waals surface area (Å²) in [7, 11) is 3.43. The summed E-state index contributed by atoms with van der Waals surface area (Å²) in [6.07, 6.45) is 2.94. The highest BCUT2D eigenvalue weighted by Gasteiger charge is 2.26. The van der Waals surface area contributed by atoms with Gasteiger partial charge in [-0.1, -0.05) is 24.6 Å². The Labute approximate surface area is 120 Å². The first kappa shape index (κ1) is 15.0. The number of carbonyl (C=O) groups excluding carboxylic acids is 1. The number of esters is 1. The lowest BCUT2D eigenvalue weighted by atomic mass is 10.0. The Balaban J connectivity index is 2.00. The summed E-state index contributed by atoms with van der Waals surface area (Å²) < 4.78 is 4.81. The predicted octanol–water partition coefficient (Wildman–Crippen LogP) is 2.07. The number of rotatable bonds is 5. The van der Waals surface area contributed by atoms with Crippen LogP contribution in [0.3, 0.4) is 0 Å². The Morgan fingerprint density at radius 2 is 2.15 bits per heavy atom. The second kappa shape index (κ2) is 6.86. The van der Waals surface area contributed by atoms with Crippen LogP contribution in [0, 0.1) is 5.92 Å². The van der Waals surface area contributed by atoms with E-state index in [1.807, 2.05) is 25.2 Å². The maximum atomic E-state index is 11.7. The molecule has 1 fully saturated rings. The minimum absolute atomic E-state index is 0.173. The quantitative estimate of drug-likeness (QED) is 0.837. The molecule has 0 saturated heterocycles. The molecule has 0 spiro atoms. The van der Waals surface area contributed by atoms with Crippen LogP contribution in [0.4, 0.5) is 0 Å². The normalized spacial score (nSPS) is 22.2. The molecule has 0 amide bonds. The molecule has 4 heteroatoms. The molecule has 0 heterocycles. The van der Waals surface area contributed by atoms with Gasteiger partial charge in [0.1, 0.15) is 0 Å². The van der Waals surface area contributed by atoms with E-state index in [0.29, 0.717) is 18.0 Å². The monoisotopic (exact) mass is 277 g/mol. The van der Waals surface area contributed by atoms with Crippen LogP contribution >= 0.6 is 0 Å². The van der Waals surface area contributed by atoms with Gasteiger partial charge in [0, 0.05) is 13.1 Å². The maximum Gasteiger partial charge on any atom is 0.338 e. The van der Waals surface area contributed by atoms with Crippen molar-refractivity contribution >= 4 is 5.97 Å². The summed E-state index contributed by atoms with van der Waals surface area (Å²) in [5, 5.41) is 9.88. The van der Waals surface area contributed by atoms with Crippen LogP contribution < -0.4 is 0 Å². The van der Waals surface area contributed by atoms with Crippen LogP contribution in [-0.2, 0) is 11.3 Å². The molecule has 0 aliphatic heterocycles. The predicted molar refractivity (Wildman–Crippen MR) is 77.5 cm³/mol. The number of benzene rings is 1. The van der Waals surface area contributed by atoms with Crippen molar-refractivity contribution in [2.24, 2.45) is 5.92 Å². The number of ether oxygens (including phenoxy) is 1. The fourth-order valence-electron chi connectivity index (χ4n) is 2.95. The number of nitrogens with zero attached hydrogens (tertiary/aromatic N) is 1. The van der Waals surface area contributed by atoms with Crippen LogP contribution in [0.5, 0.6) is 0 Å². The van der Waals surface area contributed by atoms with Gasteiger partial charge in [-0.25, -0.2) is 4.79 Å². The van der Waals surface area contributed by atoms with E-state index in [9.17, 15) is 9.90 Å².